The molecule has 0 fully saturated rings. The van der Waals surface area contributed by atoms with Crippen molar-refractivity contribution in [2.45, 2.75) is 33.2 Å². The van der Waals surface area contributed by atoms with E-state index in [0.717, 1.165) is 0 Å². The van der Waals surface area contributed by atoms with E-state index in [-0.39, 0.29) is 22.8 Å². The Morgan fingerprint density at radius 3 is 2.28 bits per heavy atom. The quantitative estimate of drug-likeness (QED) is 0.875. The molecule has 0 bridgehead atoms. The Morgan fingerprint density at radius 2 is 1.64 bits per heavy atom. The van der Waals surface area contributed by atoms with Crippen LogP contribution in [0.5, 0.6) is 5.75 Å². The maximum Gasteiger partial charge on any atom is 0.274 e. The Bertz CT molecular complexity index is 767. The molecular formula is C19H23N3O3. The van der Waals surface area contributed by atoms with Crippen LogP contribution >= 0.6 is 0 Å². The molecule has 132 valence electrons. The maximum absolute atomic E-state index is 12.5. The normalized spacial score (nSPS) is 10.9. The van der Waals surface area contributed by atoms with Crippen LogP contribution in [0.15, 0.2) is 42.5 Å². The molecule has 0 spiro atoms. The second-order valence-electron chi connectivity index (χ2n) is 6.50. The zero-order valence-corrected chi connectivity index (χ0v) is 14.9. The van der Waals surface area contributed by atoms with Gasteiger partial charge in [0.25, 0.3) is 11.8 Å². The van der Waals surface area contributed by atoms with Gasteiger partial charge < -0.3 is 15.4 Å². The lowest BCUT2D eigenvalue weighted by Crippen LogP contribution is -2.41. The number of ether oxygens (including phenoxy) is 1. The lowest BCUT2D eigenvalue weighted by atomic mass is 10.1. The number of rotatable bonds is 5. The van der Waals surface area contributed by atoms with Crippen LogP contribution in [0.1, 0.15) is 48.7 Å². The predicted octanol–water partition coefficient (Wildman–Crippen LogP) is 3.26. The van der Waals surface area contributed by atoms with E-state index in [2.05, 4.69) is 15.6 Å². The minimum Gasteiger partial charge on any atom is -0.492 e. The van der Waals surface area contributed by atoms with Gasteiger partial charge >= 0.3 is 0 Å². The maximum atomic E-state index is 12.5. The summed E-state index contributed by atoms with van der Waals surface area (Å²) in [6.45, 7) is 8.01. The second-order valence-corrected chi connectivity index (χ2v) is 6.50. The standard InChI is InChI=1S/C19H23N3O3/c1-5-25-16-12-7-6-9-13(16)21-17(23)14-10-8-11-15(20-14)18(24)22-19(2,3)4/h6-12H,5H2,1-4H3,(H,21,23)(H,22,24). The highest BCUT2D eigenvalue weighted by Gasteiger charge is 2.18. The van der Waals surface area contributed by atoms with Gasteiger partial charge in [0.15, 0.2) is 0 Å². The van der Waals surface area contributed by atoms with Crippen molar-refractivity contribution in [3.8, 4) is 5.75 Å². The fraction of sp³-hybridized carbons (Fsp3) is 0.316. The number of carbonyl (C=O) groups excluding carboxylic acids is 2. The molecular weight excluding hydrogens is 318 g/mol. The highest BCUT2D eigenvalue weighted by atomic mass is 16.5. The third kappa shape index (κ3) is 5.31. The van der Waals surface area contributed by atoms with Gasteiger partial charge in [-0.25, -0.2) is 4.98 Å². The molecule has 0 aliphatic heterocycles. The Kier molecular flexibility index (Phi) is 5.75. The summed E-state index contributed by atoms with van der Waals surface area (Å²) in [7, 11) is 0. The van der Waals surface area contributed by atoms with Gasteiger partial charge in [0.05, 0.1) is 12.3 Å². The van der Waals surface area contributed by atoms with E-state index in [0.29, 0.717) is 18.0 Å². The molecule has 2 rings (SSSR count). The topological polar surface area (TPSA) is 80.3 Å². The fourth-order valence-corrected chi connectivity index (χ4v) is 2.13. The lowest BCUT2D eigenvalue weighted by molar-refractivity contribution is 0.0914. The number of hydrogen-bond acceptors (Lipinski definition) is 4. The molecule has 1 aromatic heterocycles. The van der Waals surface area contributed by atoms with Crippen molar-refractivity contribution in [2.24, 2.45) is 0 Å². The average molecular weight is 341 g/mol. The molecule has 0 radical (unpaired) electrons. The molecule has 25 heavy (non-hydrogen) atoms. The summed E-state index contributed by atoms with van der Waals surface area (Å²) in [5, 5.41) is 5.59. The van der Waals surface area contributed by atoms with Crippen LogP contribution in [0.25, 0.3) is 0 Å². The summed E-state index contributed by atoms with van der Waals surface area (Å²) >= 11 is 0. The van der Waals surface area contributed by atoms with Crippen molar-refractivity contribution < 1.29 is 14.3 Å². The zero-order chi connectivity index (χ0) is 18.4. The summed E-state index contributed by atoms with van der Waals surface area (Å²) in [6.07, 6.45) is 0. The van der Waals surface area contributed by atoms with Crippen molar-refractivity contribution in [1.29, 1.82) is 0 Å². The third-order valence-electron chi connectivity index (χ3n) is 3.14. The number of carbonyl (C=O) groups is 2. The summed E-state index contributed by atoms with van der Waals surface area (Å²) in [4.78, 5) is 28.8. The first-order valence-electron chi connectivity index (χ1n) is 8.13. The summed E-state index contributed by atoms with van der Waals surface area (Å²) in [5.41, 5.74) is 0.530. The second kappa shape index (κ2) is 7.79. The monoisotopic (exact) mass is 341 g/mol. The summed E-state index contributed by atoms with van der Waals surface area (Å²) in [5.74, 6) is -0.144. The van der Waals surface area contributed by atoms with E-state index in [9.17, 15) is 9.59 Å². The highest BCUT2D eigenvalue weighted by molar-refractivity contribution is 6.04. The number of para-hydroxylation sites is 2. The van der Waals surface area contributed by atoms with Gasteiger partial charge in [-0.1, -0.05) is 18.2 Å². The Hall–Kier alpha value is -2.89. The molecule has 0 aliphatic rings. The van der Waals surface area contributed by atoms with E-state index >= 15 is 0 Å². The van der Waals surface area contributed by atoms with Crippen molar-refractivity contribution in [3.05, 3.63) is 53.9 Å². The van der Waals surface area contributed by atoms with Gasteiger partial charge in [-0.2, -0.15) is 0 Å². The summed E-state index contributed by atoms with van der Waals surface area (Å²) < 4.78 is 5.49. The molecule has 1 aromatic carbocycles. The largest absolute Gasteiger partial charge is 0.492 e. The molecule has 2 amide bonds. The van der Waals surface area contributed by atoms with Gasteiger partial charge in [0.2, 0.25) is 0 Å². The number of nitrogens with one attached hydrogen (secondary N) is 2. The smallest absolute Gasteiger partial charge is 0.274 e. The van der Waals surface area contributed by atoms with Crippen LogP contribution in [-0.2, 0) is 0 Å². The number of benzene rings is 1. The number of aromatic nitrogens is 1. The van der Waals surface area contributed by atoms with Crippen molar-refractivity contribution in [3.63, 3.8) is 0 Å². The van der Waals surface area contributed by atoms with Gasteiger partial charge in [0, 0.05) is 5.54 Å². The van der Waals surface area contributed by atoms with E-state index < -0.39 is 5.91 Å². The SMILES string of the molecule is CCOc1ccccc1NC(=O)c1cccc(C(=O)NC(C)(C)C)n1. The number of pyridine rings is 1. The molecule has 0 saturated heterocycles. The van der Waals surface area contributed by atoms with Crippen molar-refractivity contribution >= 4 is 17.5 Å². The molecule has 0 unspecified atom stereocenters. The molecule has 6 nitrogen and oxygen atoms in total. The summed E-state index contributed by atoms with van der Waals surface area (Å²) in [6, 6.07) is 11.9. The molecule has 1 heterocycles. The van der Waals surface area contributed by atoms with E-state index in [4.69, 9.17) is 4.74 Å². The highest BCUT2D eigenvalue weighted by Crippen LogP contribution is 2.24. The molecule has 2 N–H and O–H groups in total. The number of anilines is 1. The van der Waals surface area contributed by atoms with Crippen LogP contribution in [0.4, 0.5) is 5.69 Å². The minimum atomic E-state index is -0.405. The molecule has 6 heteroatoms. The van der Waals surface area contributed by atoms with Gasteiger partial charge in [-0.3, -0.25) is 9.59 Å². The van der Waals surface area contributed by atoms with Crippen molar-refractivity contribution in [1.82, 2.24) is 10.3 Å². The zero-order valence-electron chi connectivity index (χ0n) is 14.9. The molecule has 0 atom stereocenters. The predicted molar refractivity (Wildman–Crippen MR) is 97.0 cm³/mol. The van der Waals surface area contributed by atoms with Gasteiger partial charge in [-0.15, -0.1) is 0 Å². The Balaban J connectivity index is 2.18. The van der Waals surface area contributed by atoms with Crippen LogP contribution in [0.2, 0.25) is 0 Å². The van der Waals surface area contributed by atoms with Crippen LogP contribution in [-0.4, -0.2) is 28.9 Å². The number of amides is 2. The molecule has 2 aromatic rings. The number of hydrogen-bond donors (Lipinski definition) is 2. The third-order valence-corrected chi connectivity index (χ3v) is 3.14. The Labute approximate surface area is 147 Å². The first-order valence-corrected chi connectivity index (χ1v) is 8.13. The van der Waals surface area contributed by atoms with E-state index in [1.165, 1.54) is 0 Å². The minimum absolute atomic E-state index is 0.160. The van der Waals surface area contributed by atoms with E-state index in [1.807, 2.05) is 33.8 Å². The van der Waals surface area contributed by atoms with E-state index in [1.54, 1.807) is 36.4 Å². The lowest BCUT2D eigenvalue weighted by Gasteiger charge is -2.20. The first kappa shape index (κ1) is 18.4. The molecule has 0 aliphatic carbocycles. The first-order chi connectivity index (χ1) is 11.8. The van der Waals surface area contributed by atoms with Gasteiger partial charge in [-0.05, 0) is 52.0 Å². The van der Waals surface area contributed by atoms with Crippen LogP contribution in [0.3, 0.4) is 0 Å². The average Bonchev–Trinajstić information content (AvgIpc) is 2.55. The van der Waals surface area contributed by atoms with Crippen molar-refractivity contribution in [2.75, 3.05) is 11.9 Å². The van der Waals surface area contributed by atoms with Crippen LogP contribution < -0.4 is 15.4 Å². The number of nitrogens with zero attached hydrogens (tertiary/aromatic N) is 1. The fourth-order valence-electron chi connectivity index (χ4n) is 2.13. The Morgan fingerprint density at radius 1 is 1.00 bits per heavy atom. The molecule has 0 saturated carbocycles. The van der Waals surface area contributed by atoms with Crippen LogP contribution in [0, 0.1) is 0 Å². The van der Waals surface area contributed by atoms with Gasteiger partial charge in [0.1, 0.15) is 17.1 Å².